The first-order chi connectivity index (χ1) is 17.4. The molecule has 0 saturated heterocycles. The molecule has 0 spiro atoms. The Morgan fingerprint density at radius 1 is 0.675 bits per heavy atom. The van der Waals surface area contributed by atoms with Crippen molar-refractivity contribution in [1.29, 1.82) is 0 Å². The molecule has 10 heteroatoms. The zero-order valence-corrected chi connectivity index (χ0v) is 30.3. The van der Waals surface area contributed by atoms with Gasteiger partial charge in [0.25, 0.3) is 0 Å². The Morgan fingerprint density at radius 3 is 1.23 bits per heavy atom. The number of carbonyl (C=O) groups is 3. The lowest BCUT2D eigenvalue weighted by Gasteiger charge is -2.45. The van der Waals surface area contributed by atoms with Crippen LogP contribution in [0.25, 0.3) is 0 Å². The van der Waals surface area contributed by atoms with Crippen molar-refractivity contribution in [2.24, 2.45) is 28.1 Å². The summed E-state index contributed by atoms with van der Waals surface area (Å²) in [6.45, 7) is 22.6. The van der Waals surface area contributed by atoms with Gasteiger partial charge in [0.2, 0.25) is 11.8 Å². The Kier molecular flexibility index (Phi) is 12.9. The highest BCUT2D eigenvalue weighted by molar-refractivity contribution is 8.48. The van der Waals surface area contributed by atoms with Gasteiger partial charge in [-0.15, -0.1) is 23.5 Å². The molecule has 0 radical (unpaired) electrons. The van der Waals surface area contributed by atoms with Gasteiger partial charge in [0.15, 0.2) is 0 Å². The van der Waals surface area contributed by atoms with Crippen molar-refractivity contribution >= 4 is 57.1 Å². The predicted octanol–water partition coefficient (Wildman–Crippen LogP) is 6.42. The molecule has 0 aliphatic heterocycles. The lowest BCUT2D eigenvalue weighted by molar-refractivity contribution is -0.156. The minimum Gasteiger partial charge on any atom is -0.481 e. The second-order valence-electron chi connectivity index (χ2n) is 14.9. The van der Waals surface area contributed by atoms with Crippen LogP contribution in [-0.2, 0) is 14.4 Å². The van der Waals surface area contributed by atoms with Gasteiger partial charge in [0.05, 0.1) is 22.9 Å². The number of aliphatic hydroxyl groups is 1. The van der Waals surface area contributed by atoms with Crippen LogP contribution in [0.15, 0.2) is 0 Å². The molecule has 0 bridgehead atoms. The van der Waals surface area contributed by atoms with Crippen LogP contribution in [0.1, 0.15) is 95.9 Å². The van der Waals surface area contributed by atoms with Crippen molar-refractivity contribution in [3.63, 3.8) is 0 Å². The van der Waals surface area contributed by atoms with Gasteiger partial charge in [-0.25, -0.2) is 0 Å². The van der Waals surface area contributed by atoms with Crippen molar-refractivity contribution in [2.75, 3.05) is 28.2 Å². The molecule has 0 heterocycles. The Labute approximate surface area is 258 Å². The molecule has 2 N–H and O–H groups in total. The lowest BCUT2D eigenvalue weighted by Crippen LogP contribution is -2.49. The van der Waals surface area contributed by atoms with Gasteiger partial charge in [-0.3, -0.25) is 14.4 Å². The number of hydrogen-bond acceptors (Lipinski definition) is 7. The fraction of sp³-hybridized carbons (Fsp3) is 0.867. The number of amides is 2. The first-order valence-electron chi connectivity index (χ1n) is 13.7. The summed E-state index contributed by atoms with van der Waals surface area (Å²) in [7, 11) is 6.90. The van der Waals surface area contributed by atoms with Crippen LogP contribution in [0.4, 0.5) is 0 Å². The molecule has 0 aromatic rings. The molecule has 2 atom stereocenters. The molecule has 0 rings (SSSR count). The largest absolute Gasteiger partial charge is 0.481 e. The first-order valence-corrected chi connectivity index (χ1v) is 15.8. The average Bonchev–Trinajstić information content (AvgIpc) is 2.72. The average molecular weight is 621 g/mol. The summed E-state index contributed by atoms with van der Waals surface area (Å²) in [5.74, 6) is -1.94. The van der Waals surface area contributed by atoms with Gasteiger partial charge < -0.3 is 20.0 Å². The highest BCUT2D eigenvalue weighted by atomic mass is 32.2. The van der Waals surface area contributed by atoms with Gasteiger partial charge in [-0.1, -0.05) is 39.9 Å². The first kappa shape index (κ1) is 39.2. The van der Waals surface area contributed by atoms with Crippen LogP contribution in [-0.4, -0.2) is 84.6 Å². The zero-order chi connectivity index (χ0) is 32.4. The van der Waals surface area contributed by atoms with Crippen LogP contribution in [0.3, 0.4) is 0 Å². The van der Waals surface area contributed by atoms with Crippen molar-refractivity contribution in [3.8, 4) is 0 Å². The molecule has 2 unspecified atom stereocenters. The van der Waals surface area contributed by atoms with E-state index in [1.54, 1.807) is 65.7 Å². The normalized spacial score (nSPS) is 15.3. The second kappa shape index (κ2) is 13.2. The fourth-order valence-electron chi connectivity index (χ4n) is 4.29. The number of carboxylic acids is 1. The number of nitrogens with zero attached hydrogens (tertiary/aromatic N) is 2. The molecule has 0 aromatic carbocycles. The number of aliphatic carboxylic acids is 1. The van der Waals surface area contributed by atoms with Crippen LogP contribution in [0, 0.1) is 28.1 Å². The maximum atomic E-state index is 13.5. The molecule has 0 saturated carbocycles. The smallest absolute Gasteiger partial charge is 0.309 e. The van der Waals surface area contributed by atoms with Crippen molar-refractivity contribution in [3.05, 3.63) is 0 Å². The Balaban J connectivity index is 6.31. The maximum absolute atomic E-state index is 13.5. The van der Waals surface area contributed by atoms with E-state index in [1.165, 1.54) is 23.5 Å². The van der Waals surface area contributed by atoms with Crippen LogP contribution < -0.4 is 0 Å². The summed E-state index contributed by atoms with van der Waals surface area (Å²) < 4.78 is -0.643. The summed E-state index contributed by atoms with van der Waals surface area (Å²) in [6, 6.07) is 0. The van der Waals surface area contributed by atoms with E-state index in [4.69, 9.17) is 12.2 Å². The number of thioether (sulfide) groups is 2. The van der Waals surface area contributed by atoms with E-state index < -0.39 is 49.1 Å². The van der Waals surface area contributed by atoms with E-state index in [9.17, 15) is 24.6 Å². The third-order valence-electron chi connectivity index (χ3n) is 9.16. The van der Waals surface area contributed by atoms with Crippen molar-refractivity contribution in [1.82, 2.24) is 9.80 Å². The highest BCUT2D eigenvalue weighted by Gasteiger charge is 2.50. The van der Waals surface area contributed by atoms with E-state index in [2.05, 4.69) is 0 Å². The summed E-state index contributed by atoms with van der Waals surface area (Å²) in [4.78, 5) is 42.2. The van der Waals surface area contributed by atoms with Gasteiger partial charge in [-0.2, -0.15) is 0 Å². The minimum absolute atomic E-state index is 0.0276. The molecular formula is C30H56N2O5S3. The quantitative estimate of drug-likeness (QED) is 0.228. The number of rotatable bonds is 13. The SMILES string of the molecule is CN(C)C(=O)C(CC(C)(C)C(C)(C)O)C(C)(C)SC(=S)SC(C)(C)C(CC(C)(C)C(C)(C)C(=O)O)C(=O)N(C)C. The summed E-state index contributed by atoms with van der Waals surface area (Å²) in [6.07, 6.45) is 0.825. The zero-order valence-electron chi connectivity index (χ0n) is 27.8. The summed E-state index contributed by atoms with van der Waals surface area (Å²) in [5.41, 5.74) is -3.27. The minimum atomic E-state index is -1.05. The topological polar surface area (TPSA) is 98.1 Å². The fourth-order valence-corrected chi connectivity index (χ4v) is 8.55. The molecular weight excluding hydrogens is 565 g/mol. The van der Waals surface area contributed by atoms with Crippen LogP contribution in [0.5, 0.6) is 0 Å². The number of carboxylic acid groups (broad SMARTS) is 1. The Morgan fingerprint density at radius 2 is 0.975 bits per heavy atom. The Hall–Kier alpha value is -0.840. The van der Waals surface area contributed by atoms with E-state index in [-0.39, 0.29) is 11.8 Å². The monoisotopic (exact) mass is 620 g/mol. The van der Waals surface area contributed by atoms with Gasteiger partial charge in [0.1, 0.15) is 3.53 Å². The van der Waals surface area contributed by atoms with Gasteiger partial charge in [0, 0.05) is 37.7 Å². The molecule has 0 aliphatic rings. The Bertz CT molecular complexity index is 947. The van der Waals surface area contributed by atoms with E-state index in [0.717, 1.165) is 0 Å². The van der Waals surface area contributed by atoms with E-state index in [1.807, 2.05) is 55.4 Å². The number of hydrogen-bond donors (Lipinski definition) is 2. The van der Waals surface area contributed by atoms with Crippen molar-refractivity contribution in [2.45, 2.75) is 111 Å². The molecule has 0 aliphatic carbocycles. The highest BCUT2D eigenvalue weighted by Crippen LogP contribution is 2.51. The van der Waals surface area contributed by atoms with Crippen LogP contribution in [0.2, 0.25) is 0 Å². The second-order valence-corrected chi connectivity index (χ2v) is 19.4. The molecule has 0 fully saturated rings. The van der Waals surface area contributed by atoms with E-state index >= 15 is 0 Å². The van der Waals surface area contributed by atoms with Gasteiger partial charge in [-0.05, 0) is 79.1 Å². The summed E-state index contributed by atoms with van der Waals surface area (Å²) >= 11 is 8.77. The number of carbonyl (C=O) groups excluding carboxylic acids is 2. The third-order valence-corrected chi connectivity index (χ3v) is 12.1. The van der Waals surface area contributed by atoms with Crippen LogP contribution >= 0.6 is 35.7 Å². The third kappa shape index (κ3) is 9.60. The van der Waals surface area contributed by atoms with Crippen molar-refractivity contribution < 1.29 is 24.6 Å². The van der Waals surface area contributed by atoms with E-state index in [0.29, 0.717) is 16.4 Å². The molecule has 40 heavy (non-hydrogen) atoms. The molecule has 0 aromatic heterocycles. The summed E-state index contributed by atoms with van der Waals surface area (Å²) in [5, 5.41) is 20.7. The maximum Gasteiger partial charge on any atom is 0.309 e. The van der Waals surface area contributed by atoms with Gasteiger partial charge >= 0.3 is 5.97 Å². The predicted molar refractivity (Wildman–Crippen MR) is 175 cm³/mol. The molecule has 7 nitrogen and oxygen atoms in total. The molecule has 234 valence electrons. The molecule has 2 amide bonds. The standard InChI is InChI=1S/C30H56N2O5S3/c1-25(2,27(5,6)23(35)36)17-19(21(33)31(13)14)28(7,8)39-24(38)40-29(9,10)20(22(34)32(15)16)18-26(3,4)30(11,12)37/h19-20,37H,17-18H2,1-16H3,(H,35,36). The lowest BCUT2D eigenvalue weighted by atomic mass is 9.62. The number of thiocarbonyl (C=S) groups is 1.